The Morgan fingerprint density at radius 3 is 2.34 bits per heavy atom. The summed E-state index contributed by atoms with van der Waals surface area (Å²) in [7, 11) is -3.42. The number of fused-ring (bicyclic) bond motifs is 1. The van der Waals surface area contributed by atoms with Crippen LogP contribution in [0.3, 0.4) is 0 Å². The van der Waals surface area contributed by atoms with E-state index in [-0.39, 0.29) is 12.5 Å². The van der Waals surface area contributed by atoms with E-state index >= 15 is 0 Å². The fourth-order valence-corrected chi connectivity index (χ4v) is 5.02. The summed E-state index contributed by atoms with van der Waals surface area (Å²) in [5, 5.41) is 5.45. The quantitative estimate of drug-likeness (QED) is 0.451. The van der Waals surface area contributed by atoms with Gasteiger partial charge in [0.2, 0.25) is 15.9 Å². The van der Waals surface area contributed by atoms with Gasteiger partial charge in [-0.1, -0.05) is 48.5 Å². The number of hydrogen-bond donors (Lipinski definition) is 1. The van der Waals surface area contributed by atoms with E-state index in [4.69, 9.17) is 0 Å². The van der Waals surface area contributed by atoms with E-state index in [2.05, 4.69) is 35.6 Å². The van der Waals surface area contributed by atoms with E-state index in [0.717, 1.165) is 24.0 Å². The Morgan fingerprint density at radius 2 is 1.62 bits per heavy atom. The van der Waals surface area contributed by atoms with Crippen LogP contribution in [0.5, 0.6) is 0 Å². The van der Waals surface area contributed by atoms with Crippen molar-refractivity contribution in [1.29, 1.82) is 0 Å². The zero-order valence-electron chi connectivity index (χ0n) is 19.1. The number of aryl methyl sites for hydroxylation is 3. The summed E-state index contributed by atoms with van der Waals surface area (Å²) >= 11 is 0. The number of nitrogens with one attached hydrogen (secondary N) is 1. The number of carbonyl (C=O) groups excluding carboxylic acids is 1. The Morgan fingerprint density at radius 1 is 0.938 bits per heavy atom. The number of sulfonamides is 1. The standard InChI is InChI=1S/C26H32N2O3S/c1-20-17-21(2)19-24(18-20)28(32(3,30)31)16-8-14-26(29)27-15-7-12-23-11-6-10-22-9-4-5-13-25(22)23/h4-6,9-11,13,17-19H,7-8,12,14-16H2,1-3H3,(H,27,29). The van der Waals surface area contributed by atoms with E-state index in [1.807, 2.05) is 44.2 Å². The van der Waals surface area contributed by atoms with Crippen molar-refractivity contribution in [1.82, 2.24) is 5.32 Å². The third-order valence-electron chi connectivity index (χ3n) is 5.48. The molecular weight excluding hydrogens is 420 g/mol. The normalized spacial score (nSPS) is 11.5. The summed E-state index contributed by atoms with van der Waals surface area (Å²) in [4.78, 5) is 12.3. The van der Waals surface area contributed by atoms with Crippen molar-refractivity contribution in [2.24, 2.45) is 0 Å². The molecule has 0 saturated heterocycles. The molecule has 1 N–H and O–H groups in total. The van der Waals surface area contributed by atoms with Crippen molar-refractivity contribution >= 4 is 32.4 Å². The van der Waals surface area contributed by atoms with Gasteiger partial charge in [0.15, 0.2) is 0 Å². The highest BCUT2D eigenvalue weighted by Crippen LogP contribution is 2.22. The highest BCUT2D eigenvalue weighted by molar-refractivity contribution is 7.92. The molecule has 3 aromatic carbocycles. The van der Waals surface area contributed by atoms with Crippen molar-refractivity contribution in [2.45, 2.75) is 39.5 Å². The number of nitrogens with zero attached hydrogens (tertiary/aromatic N) is 1. The summed E-state index contributed by atoms with van der Waals surface area (Å²) in [5.74, 6) is -0.0446. The zero-order valence-corrected chi connectivity index (χ0v) is 19.9. The van der Waals surface area contributed by atoms with Gasteiger partial charge in [0.05, 0.1) is 11.9 Å². The number of carbonyl (C=O) groups is 1. The molecule has 6 heteroatoms. The lowest BCUT2D eigenvalue weighted by Gasteiger charge is -2.23. The summed E-state index contributed by atoms with van der Waals surface area (Å²) in [6.07, 6.45) is 3.73. The molecule has 0 spiro atoms. The van der Waals surface area contributed by atoms with Crippen molar-refractivity contribution in [3.63, 3.8) is 0 Å². The maximum Gasteiger partial charge on any atom is 0.232 e. The van der Waals surface area contributed by atoms with Crippen molar-refractivity contribution in [3.8, 4) is 0 Å². The molecule has 0 aromatic heterocycles. The number of benzene rings is 3. The highest BCUT2D eigenvalue weighted by atomic mass is 32.2. The molecule has 0 bridgehead atoms. The van der Waals surface area contributed by atoms with Gasteiger partial charge in [0, 0.05) is 19.5 Å². The average molecular weight is 453 g/mol. The third kappa shape index (κ3) is 6.57. The minimum absolute atomic E-state index is 0.0446. The van der Waals surface area contributed by atoms with Gasteiger partial charge < -0.3 is 5.32 Å². The molecule has 32 heavy (non-hydrogen) atoms. The molecule has 5 nitrogen and oxygen atoms in total. The molecule has 0 fully saturated rings. The Labute approximate surface area is 191 Å². The molecule has 1 amide bonds. The van der Waals surface area contributed by atoms with Crippen LogP contribution in [0.1, 0.15) is 36.0 Å². The van der Waals surface area contributed by atoms with Gasteiger partial charge in [-0.25, -0.2) is 8.42 Å². The molecule has 0 aliphatic rings. The van der Waals surface area contributed by atoms with E-state index in [1.54, 1.807) is 0 Å². The van der Waals surface area contributed by atoms with Crippen LogP contribution in [0.2, 0.25) is 0 Å². The van der Waals surface area contributed by atoms with Gasteiger partial charge in [0.25, 0.3) is 0 Å². The van der Waals surface area contributed by atoms with Crippen LogP contribution in [0.4, 0.5) is 5.69 Å². The number of rotatable bonds is 10. The van der Waals surface area contributed by atoms with E-state index < -0.39 is 10.0 Å². The monoisotopic (exact) mass is 452 g/mol. The number of amides is 1. The largest absolute Gasteiger partial charge is 0.356 e. The molecule has 0 unspecified atom stereocenters. The first-order valence-corrected chi connectivity index (χ1v) is 12.9. The van der Waals surface area contributed by atoms with Crippen LogP contribution in [0, 0.1) is 13.8 Å². The second kappa shape index (κ2) is 10.6. The van der Waals surface area contributed by atoms with Gasteiger partial charge >= 0.3 is 0 Å². The number of hydrogen-bond acceptors (Lipinski definition) is 3. The topological polar surface area (TPSA) is 66.5 Å². The summed E-state index contributed by atoms with van der Waals surface area (Å²) in [5.41, 5.74) is 3.96. The Balaban J connectivity index is 1.46. The van der Waals surface area contributed by atoms with Crippen LogP contribution in [-0.4, -0.2) is 33.7 Å². The molecule has 0 aliphatic carbocycles. The molecule has 0 aliphatic heterocycles. The zero-order chi connectivity index (χ0) is 23.1. The maximum atomic E-state index is 12.3. The SMILES string of the molecule is Cc1cc(C)cc(N(CCCC(=O)NCCCc2cccc3ccccc23)S(C)(=O)=O)c1. The van der Waals surface area contributed by atoms with E-state index in [9.17, 15) is 13.2 Å². The lowest BCUT2D eigenvalue weighted by molar-refractivity contribution is -0.121. The fourth-order valence-electron chi connectivity index (χ4n) is 4.07. The first kappa shape index (κ1) is 23.8. The highest BCUT2D eigenvalue weighted by Gasteiger charge is 2.18. The van der Waals surface area contributed by atoms with Gasteiger partial charge in [-0.15, -0.1) is 0 Å². The average Bonchev–Trinajstić information content (AvgIpc) is 2.72. The van der Waals surface area contributed by atoms with Crippen LogP contribution < -0.4 is 9.62 Å². The fraction of sp³-hybridized carbons (Fsp3) is 0.346. The smallest absolute Gasteiger partial charge is 0.232 e. The van der Waals surface area contributed by atoms with Crippen LogP contribution in [0.15, 0.2) is 60.7 Å². The molecule has 0 radical (unpaired) electrons. The first-order chi connectivity index (χ1) is 15.2. The molecule has 0 heterocycles. The van der Waals surface area contributed by atoms with Gasteiger partial charge in [0.1, 0.15) is 0 Å². The minimum atomic E-state index is -3.42. The summed E-state index contributed by atoms with van der Waals surface area (Å²) in [6, 6.07) is 20.4. The molecule has 0 atom stereocenters. The maximum absolute atomic E-state index is 12.3. The lowest BCUT2D eigenvalue weighted by atomic mass is 10.0. The van der Waals surface area contributed by atoms with Crippen LogP contribution in [-0.2, 0) is 21.2 Å². The second-order valence-corrected chi connectivity index (χ2v) is 10.3. The number of anilines is 1. The molecule has 3 rings (SSSR count). The van der Waals surface area contributed by atoms with E-state index in [1.165, 1.54) is 26.9 Å². The second-order valence-electron chi connectivity index (χ2n) is 8.38. The lowest BCUT2D eigenvalue weighted by Crippen LogP contribution is -2.32. The predicted molar refractivity (Wildman–Crippen MR) is 133 cm³/mol. The molecular formula is C26H32N2O3S. The molecule has 0 saturated carbocycles. The third-order valence-corrected chi connectivity index (χ3v) is 6.68. The minimum Gasteiger partial charge on any atom is -0.356 e. The van der Waals surface area contributed by atoms with Crippen molar-refractivity contribution in [3.05, 3.63) is 77.4 Å². The molecule has 170 valence electrons. The van der Waals surface area contributed by atoms with Crippen LogP contribution in [0.25, 0.3) is 10.8 Å². The summed E-state index contributed by atoms with van der Waals surface area (Å²) < 4.78 is 26.0. The molecule has 3 aromatic rings. The first-order valence-electron chi connectivity index (χ1n) is 11.0. The van der Waals surface area contributed by atoms with Gasteiger partial charge in [-0.2, -0.15) is 0 Å². The Kier molecular flexibility index (Phi) is 7.91. The van der Waals surface area contributed by atoms with Crippen LogP contribution >= 0.6 is 0 Å². The van der Waals surface area contributed by atoms with Crippen molar-refractivity contribution < 1.29 is 13.2 Å². The van der Waals surface area contributed by atoms with Gasteiger partial charge in [-0.3, -0.25) is 9.10 Å². The predicted octanol–water partition coefficient (Wildman–Crippen LogP) is 4.75. The Hall–Kier alpha value is -2.86. The Bertz CT molecular complexity index is 1160. The summed E-state index contributed by atoms with van der Waals surface area (Å²) in [6.45, 7) is 4.78. The van der Waals surface area contributed by atoms with E-state index in [0.29, 0.717) is 25.1 Å². The van der Waals surface area contributed by atoms with Crippen molar-refractivity contribution in [2.75, 3.05) is 23.7 Å². The van der Waals surface area contributed by atoms with Gasteiger partial charge in [-0.05, 0) is 72.7 Å².